The van der Waals surface area contributed by atoms with Crippen molar-refractivity contribution in [1.29, 1.82) is 0 Å². The second kappa shape index (κ2) is 5.86. The number of alkyl halides is 3. The van der Waals surface area contributed by atoms with E-state index in [-0.39, 0.29) is 16.4 Å². The lowest BCUT2D eigenvalue weighted by molar-refractivity contribution is -0.137. The van der Waals surface area contributed by atoms with Gasteiger partial charge >= 0.3 is 6.18 Å². The van der Waals surface area contributed by atoms with Gasteiger partial charge in [0.2, 0.25) is 0 Å². The van der Waals surface area contributed by atoms with Crippen LogP contribution in [0.25, 0.3) is 0 Å². The molecule has 0 aliphatic carbocycles. The summed E-state index contributed by atoms with van der Waals surface area (Å²) in [4.78, 5) is 14.8. The van der Waals surface area contributed by atoms with Gasteiger partial charge in [-0.25, -0.2) is 4.98 Å². The Morgan fingerprint density at radius 1 is 1.53 bits per heavy atom. The number of thiazole rings is 1. The van der Waals surface area contributed by atoms with E-state index in [4.69, 9.17) is 0 Å². The summed E-state index contributed by atoms with van der Waals surface area (Å²) in [5, 5.41) is -0.963. The van der Waals surface area contributed by atoms with Gasteiger partial charge in [0.1, 0.15) is 0 Å². The average molecular weight is 283 g/mol. The molecule has 0 radical (unpaired) electrons. The van der Waals surface area contributed by atoms with Gasteiger partial charge in [0, 0.05) is 6.20 Å². The van der Waals surface area contributed by atoms with Crippen molar-refractivity contribution >= 4 is 28.9 Å². The number of aromatic nitrogens is 1. The van der Waals surface area contributed by atoms with Gasteiger partial charge in [-0.1, -0.05) is 13.8 Å². The zero-order valence-corrected chi connectivity index (χ0v) is 11.0. The highest BCUT2D eigenvalue weighted by Crippen LogP contribution is 2.32. The highest BCUT2D eigenvalue weighted by atomic mass is 32.2. The number of thioether (sulfide) groups is 1. The molecule has 0 spiro atoms. The molecule has 0 fully saturated rings. The van der Waals surface area contributed by atoms with E-state index in [1.54, 1.807) is 0 Å². The van der Waals surface area contributed by atoms with E-state index in [0.29, 0.717) is 17.3 Å². The largest absolute Gasteiger partial charge is 0.443 e. The van der Waals surface area contributed by atoms with Crippen LogP contribution in [0.2, 0.25) is 0 Å². The van der Waals surface area contributed by atoms with Crippen LogP contribution in [0.1, 0.15) is 28.5 Å². The lowest BCUT2D eigenvalue weighted by atomic mass is 10.3. The lowest BCUT2D eigenvalue weighted by Crippen LogP contribution is -2.03. The molecule has 0 aliphatic heterocycles. The Morgan fingerprint density at radius 2 is 2.18 bits per heavy atom. The smallest absolute Gasteiger partial charge is 0.292 e. The number of hydrogen-bond acceptors (Lipinski definition) is 4. The molecule has 0 saturated heterocycles. The van der Waals surface area contributed by atoms with Crippen molar-refractivity contribution < 1.29 is 18.0 Å². The molecule has 0 aromatic carbocycles. The molecule has 0 bridgehead atoms. The maximum Gasteiger partial charge on any atom is 0.443 e. The molecule has 0 aliphatic rings. The third-order valence-electron chi connectivity index (χ3n) is 1.71. The fourth-order valence-electron chi connectivity index (χ4n) is 0.993. The lowest BCUT2D eigenvalue weighted by Gasteiger charge is -2.02. The van der Waals surface area contributed by atoms with Gasteiger partial charge < -0.3 is 0 Å². The van der Waals surface area contributed by atoms with Crippen LogP contribution in [0.4, 0.5) is 13.2 Å². The Kier molecular flexibility index (Phi) is 5.00. The molecule has 0 unspecified atom stereocenters. The fraction of sp³-hybridized carbons (Fsp3) is 0.600. The Labute approximate surface area is 106 Å². The molecule has 0 saturated carbocycles. The highest BCUT2D eigenvalue weighted by Gasteiger charge is 2.35. The molecule has 1 aromatic rings. The Morgan fingerprint density at radius 3 is 2.65 bits per heavy atom. The van der Waals surface area contributed by atoms with E-state index in [0.717, 1.165) is 11.9 Å². The van der Waals surface area contributed by atoms with Gasteiger partial charge in [-0.05, 0) is 11.7 Å². The standard InChI is InChI=1S/C10H12F3NOS2/c1-6(2)4-16-5-7(15)8-3-14-9(17-8)10(11,12)13/h3,6H,4-5H2,1-2H3. The summed E-state index contributed by atoms with van der Waals surface area (Å²) >= 11 is 1.84. The van der Waals surface area contributed by atoms with Gasteiger partial charge in [0.25, 0.3) is 0 Å². The van der Waals surface area contributed by atoms with Crippen LogP contribution in [-0.2, 0) is 6.18 Å². The quantitative estimate of drug-likeness (QED) is 0.771. The van der Waals surface area contributed by atoms with Crippen LogP contribution in [0.15, 0.2) is 6.20 Å². The Bertz CT molecular complexity index is 387. The van der Waals surface area contributed by atoms with E-state index in [9.17, 15) is 18.0 Å². The molecular weight excluding hydrogens is 271 g/mol. The van der Waals surface area contributed by atoms with Gasteiger partial charge in [0.05, 0.1) is 10.6 Å². The van der Waals surface area contributed by atoms with Crippen molar-refractivity contribution in [3.05, 3.63) is 16.1 Å². The predicted molar refractivity (Wildman–Crippen MR) is 63.6 cm³/mol. The van der Waals surface area contributed by atoms with E-state index in [2.05, 4.69) is 4.98 Å². The van der Waals surface area contributed by atoms with Gasteiger partial charge in [-0.15, -0.1) is 11.3 Å². The zero-order valence-electron chi connectivity index (χ0n) is 9.37. The van der Waals surface area contributed by atoms with Gasteiger partial charge in [-0.3, -0.25) is 4.79 Å². The SMILES string of the molecule is CC(C)CSCC(=O)c1cnc(C(F)(F)F)s1. The average Bonchev–Trinajstić information content (AvgIpc) is 2.64. The molecule has 17 heavy (non-hydrogen) atoms. The number of rotatable bonds is 5. The van der Waals surface area contributed by atoms with E-state index in [1.807, 2.05) is 13.8 Å². The molecule has 1 aromatic heterocycles. The molecule has 0 N–H and O–H groups in total. The molecule has 7 heteroatoms. The Hall–Kier alpha value is -0.560. The molecule has 0 atom stereocenters. The van der Waals surface area contributed by atoms with Crippen LogP contribution < -0.4 is 0 Å². The van der Waals surface area contributed by atoms with Crippen molar-refractivity contribution in [3.63, 3.8) is 0 Å². The van der Waals surface area contributed by atoms with Crippen LogP contribution in [0.3, 0.4) is 0 Å². The predicted octanol–water partition coefficient (Wildman–Crippen LogP) is 3.73. The fourth-order valence-corrected chi connectivity index (χ4v) is 2.73. The summed E-state index contributed by atoms with van der Waals surface area (Å²) in [6, 6.07) is 0. The monoisotopic (exact) mass is 283 g/mol. The van der Waals surface area contributed by atoms with Gasteiger partial charge in [0.15, 0.2) is 10.8 Å². The minimum atomic E-state index is -4.46. The molecular formula is C10H12F3NOS2. The maximum atomic E-state index is 12.3. The van der Waals surface area contributed by atoms with Crippen molar-refractivity contribution in [1.82, 2.24) is 4.98 Å². The molecule has 2 nitrogen and oxygen atoms in total. The first-order chi connectivity index (χ1) is 7.80. The number of carbonyl (C=O) groups is 1. The first kappa shape index (κ1) is 14.5. The topological polar surface area (TPSA) is 30.0 Å². The third kappa shape index (κ3) is 4.67. The molecule has 1 heterocycles. The highest BCUT2D eigenvalue weighted by molar-refractivity contribution is 8.00. The van der Waals surface area contributed by atoms with Crippen molar-refractivity contribution in [2.75, 3.05) is 11.5 Å². The summed E-state index contributed by atoms with van der Waals surface area (Å²) < 4.78 is 36.8. The number of Topliss-reactive ketones (excluding diaryl/α,β-unsaturated/α-hetero) is 1. The normalized spacial score (nSPS) is 12.1. The van der Waals surface area contributed by atoms with Crippen molar-refractivity contribution in [2.24, 2.45) is 5.92 Å². The van der Waals surface area contributed by atoms with Crippen LogP contribution in [0.5, 0.6) is 0 Å². The summed E-state index contributed by atoms with van der Waals surface area (Å²) in [6.07, 6.45) is -3.46. The molecule has 96 valence electrons. The van der Waals surface area contributed by atoms with Crippen LogP contribution in [0, 0.1) is 5.92 Å². The number of halogens is 3. The van der Waals surface area contributed by atoms with E-state index >= 15 is 0 Å². The number of hydrogen-bond donors (Lipinski definition) is 0. The minimum absolute atomic E-state index is 0.0774. The summed E-state index contributed by atoms with van der Waals surface area (Å²) in [5.74, 6) is 1.19. The summed E-state index contributed by atoms with van der Waals surface area (Å²) in [5.41, 5.74) is 0. The van der Waals surface area contributed by atoms with Crippen LogP contribution in [-0.4, -0.2) is 22.3 Å². The molecule has 1 rings (SSSR count). The summed E-state index contributed by atoms with van der Waals surface area (Å²) in [7, 11) is 0. The van der Waals surface area contributed by atoms with Crippen LogP contribution >= 0.6 is 23.1 Å². The zero-order chi connectivity index (χ0) is 13.1. The summed E-state index contributed by atoms with van der Waals surface area (Å²) in [6.45, 7) is 4.04. The van der Waals surface area contributed by atoms with Crippen molar-refractivity contribution in [2.45, 2.75) is 20.0 Å². The van der Waals surface area contributed by atoms with Gasteiger partial charge in [-0.2, -0.15) is 24.9 Å². The number of carbonyl (C=O) groups excluding carboxylic acids is 1. The molecule has 0 amide bonds. The second-order valence-corrected chi connectivity index (χ2v) is 5.92. The minimum Gasteiger partial charge on any atom is -0.292 e. The Balaban J connectivity index is 2.56. The second-order valence-electron chi connectivity index (χ2n) is 3.86. The number of ketones is 1. The first-order valence-corrected chi connectivity index (χ1v) is 6.91. The number of nitrogens with zero attached hydrogens (tertiary/aromatic N) is 1. The van der Waals surface area contributed by atoms with Crippen molar-refractivity contribution in [3.8, 4) is 0 Å². The van der Waals surface area contributed by atoms with E-state index in [1.165, 1.54) is 11.8 Å². The first-order valence-electron chi connectivity index (χ1n) is 4.94. The van der Waals surface area contributed by atoms with E-state index < -0.39 is 11.2 Å². The maximum absolute atomic E-state index is 12.3. The third-order valence-corrected chi connectivity index (χ3v) is 4.16.